The maximum Gasteiger partial charge on any atom is 0.245 e. The lowest BCUT2D eigenvalue weighted by molar-refractivity contribution is -0.135. The third-order valence-corrected chi connectivity index (χ3v) is 4.66. The molecule has 2 aromatic heterocycles. The molecule has 0 saturated carbocycles. The first-order chi connectivity index (χ1) is 12.1. The van der Waals surface area contributed by atoms with Gasteiger partial charge in [-0.05, 0) is 12.5 Å². The number of imidazole rings is 1. The minimum Gasteiger partial charge on any atom is -0.481 e. The molecule has 0 bridgehead atoms. The van der Waals surface area contributed by atoms with Crippen molar-refractivity contribution in [2.24, 2.45) is 0 Å². The van der Waals surface area contributed by atoms with Crippen molar-refractivity contribution in [3.8, 4) is 17.3 Å². The van der Waals surface area contributed by atoms with Crippen LogP contribution in [0.5, 0.6) is 5.88 Å². The van der Waals surface area contributed by atoms with Crippen LogP contribution in [0.1, 0.15) is 24.2 Å². The topological polar surface area (TPSA) is 100 Å². The number of hydrogen-bond donors (Lipinski definition) is 2. The number of pyridine rings is 1. The number of hydrogen-bond acceptors (Lipinski definition) is 5. The molecule has 25 heavy (non-hydrogen) atoms. The molecule has 0 aliphatic carbocycles. The summed E-state index contributed by atoms with van der Waals surface area (Å²) in [5.74, 6) is 1.23. The highest BCUT2D eigenvalue weighted by Crippen LogP contribution is 2.24. The van der Waals surface area contributed by atoms with E-state index in [0.29, 0.717) is 38.2 Å². The van der Waals surface area contributed by atoms with E-state index in [9.17, 15) is 9.59 Å². The third-order valence-electron chi connectivity index (χ3n) is 4.66. The number of ether oxygens (including phenoxy) is 1. The van der Waals surface area contributed by atoms with E-state index in [2.05, 4.69) is 20.3 Å². The SMILES string of the molecule is COc1ccc(-c2nc3c([nH]2)CN(C(=O)[C@@H]2CCC(=O)N2)CC3)cn1. The molecule has 0 radical (unpaired) electrons. The maximum atomic E-state index is 12.6. The van der Waals surface area contributed by atoms with E-state index in [4.69, 9.17) is 4.74 Å². The van der Waals surface area contributed by atoms with Crippen LogP contribution in [-0.2, 0) is 22.6 Å². The van der Waals surface area contributed by atoms with Gasteiger partial charge in [-0.15, -0.1) is 0 Å². The van der Waals surface area contributed by atoms with Crippen molar-refractivity contribution in [3.63, 3.8) is 0 Å². The van der Waals surface area contributed by atoms with E-state index in [1.165, 1.54) is 0 Å². The van der Waals surface area contributed by atoms with Crippen LogP contribution in [0.2, 0.25) is 0 Å². The molecule has 0 unspecified atom stereocenters. The van der Waals surface area contributed by atoms with Crippen molar-refractivity contribution in [1.82, 2.24) is 25.2 Å². The molecule has 2 aromatic rings. The van der Waals surface area contributed by atoms with Gasteiger partial charge in [0.05, 0.1) is 25.0 Å². The van der Waals surface area contributed by atoms with Gasteiger partial charge in [-0.2, -0.15) is 0 Å². The monoisotopic (exact) mass is 341 g/mol. The predicted molar refractivity (Wildman–Crippen MR) is 88.7 cm³/mol. The Morgan fingerprint density at radius 3 is 2.92 bits per heavy atom. The molecule has 2 aliphatic rings. The smallest absolute Gasteiger partial charge is 0.245 e. The van der Waals surface area contributed by atoms with Crippen LogP contribution >= 0.6 is 0 Å². The zero-order valence-corrected chi connectivity index (χ0v) is 13.9. The number of carbonyl (C=O) groups excluding carboxylic acids is 2. The van der Waals surface area contributed by atoms with Crippen molar-refractivity contribution >= 4 is 11.8 Å². The van der Waals surface area contributed by atoms with Crippen molar-refractivity contribution < 1.29 is 14.3 Å². The minimum atomic E-state index is -0.387. The lowest BCUT2D eigenvalue weighted by Crippen LogP contribution is -2.46. The van der Waals surface area contributed by atoms with Gasteiger partial charge in [-0.25, -0.2) is 9.97 Å². The van der Waals surface area contributed by atoms with Crippen LogP contribution in [0, 0.1) is 0 Å². The molecular weight excluding hydrogens is 322 g/mol. The minimum absolute atomic E-state index is 0.0150. The van der Waals surface area contributed by atoms with Crippen LogP contribution < -0.4 is 10.1 Å². The van der Waals surface area contributed by atoms with E-state index in [1.807, 2.05) is 6.07 Å². The van der Waals surface area contributed by atoms with Crippen LogP contribution in [0.15, 0.2) is 18.3 Å². The van der Waals surface area contributed by atoms with Crippen molar-refractivity contribution in [2.45, 2.75) is 31.8 Å². The number of H-pyrrole nitrogens is 1. The number of rotatable bonds is 3. The number of methoxy groups -OCH3 is 1. The molecule has 2 aliphatic heterocycles. The molecule has 8 heteroatoms. The lowest BCUT2D eigenvalue weighted by atomic mass is 10.1. The predicted octanol–water partition coefficient (Wildman–Crippen LogP) is 0.644. The van der Waals surface area contributed by atoms with Gasteiger partial charge < -0.3 is 19.9 Å². The number of nitrogens with zero attached hydrogens (tertiary/aromatic N) is 3. The first-order valence-electron chi connectivity index (χ1n) is 8.30. The largest absolute Gasteiger partial charge is 0.481 e. The zero-order chi connectivity index (χ0) is 17.4. The highest BCUT2D eigenvalue weighted by Gasteiger charge is 2.33. The van der Waals surface area contributed by atoms with Crippen LogP contribution in [0.4, 0.5) is 0 Å². The number of aromatic nitrogens is 3. The molecule has 2 N–H and O–H groups in total. The fourth-order valence-corrected chi connectivity index (χ4v) is 3.28. The molecule has 2 amide bonds. The van der Waals surface area contributed by atoms with E-state index in [0.717, 1.165) is 22.8 Å². The zero-order valence-electron chi connectivity index (χ0n) is 13.9. The second-order valence-corrected chi connectivity index (χ2v) is 6.27. The fourth-order valence-electron chi connectivity index (χ4n) is 3.28. The summed E-state index contributed by atoms with van der Waals surface area (Å²) >= 11 is 0. The third kappa shape index (κ3) is 2.95. The summed E-state index contributed by atoms with van der Waals surface area (Å²) in [6.07, 6.45) is 3.41. The average molecular weight is 341 g/mol. The van der Waals surface area contributed by atoms with E-state index in [-0.39, 0.29) is 17.9 Å². The van der Waals surface area contributed by atoms with E-state index in [1.54, 1.807) is 24.3 Å². The summed E-state index contributed by atoms with van der Waals surface area (Å²) in [5.41, 5.74) is 2.79. The van der Waals surface area contributed by atoms with E-state index >= 15 is 0 Å². The van der Waals surface area contributed by atoms with Crippen LogP contribution in [0.25, 0.3) is 11.4 Å². The molecule has 8 nitrogen and oxygen atoms in total. The number of nitrogens with one attached hydrogen (secondary N) is 2. The Hall–Kier alpha value is -2.90. The number of amides is 2. The standard InChI is InChI=1S/C17H19N5O3/c1-25-15-5-2-10(8-18-15)16-20-11-6-7-22(9-13(11)21-16)17(24)12-3-4-14(23)19-12/h2,5,8,12H,3-4,6-7,9H2,1H3,(H,19,23)(H,20,21)/t12-/m0/s1. The van der Waals surface area contributed by atoms with Crippen molar-refractivity contribution in [2.75, 3.05) is 13.7 Å². The van der Waals surface area contributed by atoms with Crippen molar-refractivity contribution in [3.05, 3.63) is 29.7 Å². The summed E-state index contributed by atoms with van der Waals surface area (Å²) < 4.78 is 5.07. The molecule has 1 saturated heterocycles. The number of fused-ring (bicyclic) bond motifs is 1. The Balaban J connectivity index is 1.50. The first-order valence-corrected chi connectivity index (χ1v) is 8.30. The maximum absolute atomic E-state index is 12.6. The van der Waals surface area contributed by atoms with Gasteiger partial charge in [0.1, 0.15) is 11.9 Å². The molecule has 1 atom stereocenters. The van der Waals surface area contributed by atoms with Gasteiger partial charge in [-0.1, -0.05) is 0 Å². The van der Waals surface area contributed by atoms with E-state index < -0.39 is 0 Å². The summed E-state index contributed by atoms with van der Waals surface area (Å²) in [6, 6.07) is 3.30. The summed E-state index contributed by atoms with van der Waals surface area (Å²) in [6.45, 7) is 1.10. The highest BCUT2D eigenvalue weighted by molar-refractivity contribution is 5.90. The van der Waals surface area contributed by atoms with Gasteiger partial charge in [0.2, 0.25) is 17.7 Å². The summed E-state index contributed by atoms with van der Waals surface area (Å²) in [4.78, 5) is 37.8. The van der Waals surface area contributed by atoms with Gasteiger partial charge in [0.25, 0.3) is 0 Å². The lowest BCUT2D eigenvalue weighted by Gasteiger charge is -2.28. The van der Waals surface area contributed by atoms with Gasteiger partial charge >= 0.3 is 0 Å². The Labute approximate surface area is 144 Å². The normalized spacial score (nSPS) is 19.5. The van der Waals surface area contributed by atoms with Gasteiger partial charge in [0, 0.05) is 37.2 Å². The quantitative estimate of drug-likeness (QED) is 0.853. The summed E-state index contributed by atoms with van der Waals surface area (Å²) in [7, 11) is 1.58. The van der Waals surface area contributed by atoms with Gasteiger partial charge in [-0.3, -0.25) is 9.59 Å². The van der Waals surface area contributed by atoms with Crippen LogP contribution in [-0.4, -0.2) is 51.4 Å². The molecular formula is C17H19N5O3. The molecule has 0 spiro atoms. The highest BCUT2D eigenvalue weighted by atomic mass is 16.5. The summed E-state index contributed by atoms with van der Waals surface area (Å²) in [5, 5.41) is 2.74. The fraction of sp³-hybridized carbons (Fsp3) is 0.412. The molecule has 4 rings (SSSR count). The van der Waals surface area contributed by atoms with Gasteiger partial charge in [0.15, 0.2) is 0 Å². The molecule has 1 fully saturated rings. The Morgan fingerprint density at radius 2 is 2.24 bits per heavy atom. The molecule has 4 heterocycles. The van der Waals surface area contributed by atoms with Crippen molar-refractivity contribution in [1.29, 1.82) is 0 Å². The van der Waals surface area contributed by atoms with Crippen LogP contribution in [0.3, 0.4) is 0 Å². The Morgan fingerprint density at radius 1 is 1.36 bits per heavy atom. The number of aromatic amines is 1. The number of carbonyl (C=O) groups is 2. The Kier molecular flexibility index (Phi) is 3.87. The molecule has 0 aromatic carbocycles. The Bertz CT molecular complexity index is 814. The second-order valence-electron chi connectivity index (χ2n) is 6.27. The molecule has 130 valence electrons. The first kappa shape index (κ1) is 15.6. The second kappa shape index (κ2) is 6.19. The average Bonchev–Trinajstić information content (AvgIpc) is 3.26.